The van der Waals surface area contributed by atoms with Gasteiger partial charge in [0.1, 0.15) is 28.5 Å². The molecule has 34 heavy (non-hydrogen) atoms. The smallest absolute Gasteiger partial charge is 0.369 e. The zero-order valence-electron chi connectivity index (χ0n) is 17.6. The lowest BCUT2D eigenvalue weighted by molar-refractivity contribution is -0.137. The number of aromatic nitrogens is 5. The van der Waals surface area contributed by atoms with E-state index in [1.807, 2.05) is 0 Å². The molecule has 4 heterocycles. The van der Waals surface area contributed by atoms with Crippen LogP contribution in [0.15, 0.2) is 37.1 Å². The summed E-state index contributed by atoms with van der Waals surface area (Å²) in [6.07, 6.45) is -0.752. The molecule has 0 fully saturated rings. The van der Waals surface area contributed by atoms with Gasteiger partial charge in [-0.05, 0) is 19.1 Å². The van der Waals surface area contributed by atoms with Crippen LogP contribution >= 0.6 is 22.9 Å². The van der Waals surface area contributed by atoms with E-state index in [4.69, 9.17) is 11.6 Å². The third-order valence-electron chi connectivity index (χ3n) is 4.85. The minimum Gasteiger partial charge on any atom is -0.369 e. The van der Waals surface area contributed by atoms with Gasteiger partial charge >= 0.3 is 6.18 Å². The molecule has 4 aromatic heterocycles. The largest absolute Gasteiger partial charge is 0.418 e. The van der Waals surface area contributed by atoms with E-state index in [2.05, 4.69) is 30.6 Å². The van der Waals surface area contributed by atoms with Gasteiger partial charge in [-0.3, -0.25) is 4.79 Å². The Morgan fingerprint density at radius 1 is 1.24 bits per heavy atom. The van der Waals surface area contributed by atoms with Crippen LogP contribution < -0.4 is 10.6 Å². The highest BCUT2D eigenvalue weighted by atomic mass is 35.5. The van der Waals surface area contributed by atoms with Crippen LogP contribution in [-0.4, -0.2) is 35.5 Å². The Hall–Kier alpha value is -3.29. The predicted octanol–water partition coefficient (Wildman–Crippen LogP) is 4.09. The second-order valence-electron chi connectivity index (χ2n) is 7.28. The Labute approximate surface area is 199 Å². The van der Waals surface area contributed by atoms with Crippen LogP contribution in [0.2, 0.25) is 5.02 Å². The maximum Gasteiger partial charge on any atom is 0.418 e. The van der Waals surface area contributed by atoms with Crippen molar-refractivity contribution >= 4 is 45.7 Å². The van der Waals surface area contributed by atoms with Gasteiger partial charge < -0.3 is 20.3 Å². The van der Waals surface area contributed by atoms with E-state index in [9.17, 15) is 23.1 Å². The first kappa shape index (κ1) is 23.9. The Morgan fingerprint density at radius 2 is 2.00 bits per heavy atom. The summed E-state index contributed by atoms with van der Waals surface area (Å²) in [5, 5.41) is 16.2. The van der Waals surface area contributed by atoms with E-state index in [-0.39, 0.29) is 11.5 Å². The number of nitrogens with zero attached hydrogens (tertiary/aromatic N) is 5. The lowest BCUT2D eigenvalue weighted by atomic mass is 10.2. The van der Waals surface area contributed by atoms with Crippen LogP contribution in [0.3, 0.4) is 0 Å². The summed E-state index contributed by atoms with van der Waals surface area (Å²) in [4.78, 5) is 29.3. The number of hydrogen-bond acceptors (Lipinski definition) is 8. The maximum atomic E-state index is 13.0. The molecule has 0 saturated heterocycles. The van der Waals surface area contributed by atoms with Gasteiger partial charge in [0.05, 0.1) is 26.9 Å². The predicted molar refractivity (Wildman–Crippen MR) is 119 cm³/mol. The Balaban J connectivity index is 1.46. The summed E-state index contributed by atoms with van der Waals surface area (Å²) in [6, 6.07) is 1.92. The van der Waals surface area contributed by atoms with E-state index in [1.54, 1.807) is 30.8 Å². The molecule has 4 rings (SSSR count). The van der Waals surface area contributed by atoms with Gasteiger partial charge in [0.2, 0.25) is 0 Å². The van der Waals surface area contributed by atoms with Crippen molar-refractivity contribution in [2.24, 2.45) is 7.05 Å². The van der Waals surface area contributed by atoms with Crippen LogP contribution in [0.5, 0.6) is 0 Å². The quantitative estimate of drug-likeness (QED) is 0.334. The minimum absolute atomic E-state index is 0.212. The molecule has 0 saturated carbocycles. The van der Waals surface area contributed by atoms with E-state index in [0.29, 0.717) is 27.0 Å². The normalized spacial score (nSPS) is 13.6. The summed E-state index contributed by atoms with van der Waals surface area (Å²) in [6.45, 7) is 1.71. The van der Waals surface area contributed by atoms with Crippen molar-refractivity contribution < 1.29 is 23.1 Å². The number of carbonyl (C=O) groups is 1. The first-order chi connectivity index (χ1) is 16.0. The van der Waals surface area contributed by atoms with Gasteiger partial charge in [0.15, 0.2) is 6.23 Å². The van der Waals surface area contributed by atoms with E-state index >= 15 is 0 Å². The topological polar surface area (TPSA) is 118 Å². The van der Waals surface area contributed by atoms with Gasteiger partial charge in [-0.15, -0.1) is 11.3 Å². The van der Waals surface area contributed by atoms with Crippen molar-refractivity contribution in [3.63, 3.8) is 0 Å². The fraction of sp³-hybridized carbons (Fsp3) is 0.250. The van der Waals surface area contributed by atoms with Crippen molar-refractivity contribution in [1.82, 2.24) is 29.8 Å². The van der Waals surface area contributed by atoms with Gasteiger partial charge in [-0.25, -0.2) is 19.9 Å². The molecule has 1 unspecified atom stereocenters. The molecular weight excluding hydrogens is 495 g/mol. The van der Waals surface area contributed by atoms with E-state index in [1.165, 1.54) is 12.5 Å². The number of alkyl halides is 3. The van der Waals surface area contributed by atoms with Gasteiger partial charge in [-0.1, -0.05) is 11.6 Å². The molecule has 0 aliphatic carbocycles. The number of nitrogens with one attached hydrogen (secondary N) is 2. The number of hydrogen-bond donors (Lipinski definition) is 3. The van der Waals surface area contributed by atoms with Gasteiger partial charge in [-0.2, -0.15) is 13.2 Å². The van der Waals surface area contributed by atoms with Crippen molar-refractivity contribution in [3.8, 4) is 0 Å². The summed E-state index contributed by atoms with van der Waals surface area (Å²) in [5.41, 5.74) is -0.245. The molecule has 14 heteroatoms. The molecule has 0 bridgehead atoms. The van der Waals surface area contributed by atoms with Crippen LogP contribution in [0.1, 0.15) is 45.1 Å². The number of aliphatic hydroxyl groups is 1. The number of thiazole rings is 1. The number of rotatable bonds is 6. The van der Waals surface area contributed by atoms with Crippen molar-refractivity contribution in [2.45, 2.75) is 25.4 Å². The SMILES string of the molecule is C[C@H](NC(=O)c1ncnc2c1ccn2C)c1ncc(C(O)Nc2cc(C(F)(F)F)c(Cl)cn2)s1. The molecule has 0 radical (unpaired) electrons. The summed E-state index contributed by atoms with van der Waals surface area (Å²) >= 11 is 6.64. The Bertz CT molecular complexity index is 1360. The lowest BCUT2D eigenvalue weighted by Gasteiger charge is -2.14. The third kappa shape index (κ3) is 4.81. The minimum atomic E-state index is -4.66. The Morgan fingerprint density at radius 3 is 2.74 bits per heavy atom. The van der Waals surface area contributed by atoms with Crippen molar-refractivity contribution in [3.05, 3.63) is 63.2 Å². The number of aryl methyl sites for hydroxylation is 1. The highest BCUT2D eigenvalue weighted by Gasteiger charge is 2.34. The summed E-state index contributed by atoms with van der Waals surface area (Å²) in [7, 11) is 1.81. The second-order valence-corrected chi connectivity index (χ2v) is 8.78. The van der Waals surface area contributed by atoms with Crippen molar-refractivity contribution in [1.29, 1.82) is 0 Å². The average molecular weight is 512 g/mol. The summed E-state index contributed by atoms with van der Waals surface area (Å²) < 4.78 is 40.9. The number of anilines is 1. The average Bonchev–Trinajstić information content (AvgIpc) is 3.42. The highest BCUT2D eigenvalue weighted by molar-refractivity contribution is 7.11. The molecule has 0 aromatic carbocycles. The van der Waals surface area contributed by atoms with Crippen LogP contribution in [0.4, 0.5) is 19.0 Å². The van der Waals surface area contributed by atoms with Gasteiger partial charge in [0, 0.05) is 25.6 Å². The molecule has 4 aromatic rings. The summed E-state index contributed by atoms with van der Waals surface area (Å²) in [5.74, 6) is -0.636. The third-order valence-corrected chi connectivity index (χ3v) is 6.38. The number of fused-ring (bicyclic) bond motifs is 1. The maximum absolute atomic E-state index is 13.0. The zero-order chi connectivity index (χ0) is 24.6. The molecule has 0 aliphatic rings. The van der Waals surface area contributed by atoms with Gasteiger partial charge in [0.25, 0.3) is 5.91 Å². The molecule has 0 aliphatic heterocycles. The van der Waals surface area contributed by atoms with Crippen LogP contribution in [-0.2, 0) is 13.2 Å². The zero-order valence-corrected chi connectivity index (χ0v) is 19.2. The molecule has 178 valence electrons. The highest BCUT2D eigenvalue weighted by Crippen LogP contribution is 2.36. The number of pyridine rings is 1. The lowest BCUT2D eigenvalue weighted by Crippen LogP contribution is -2.27. The fourth-order valence-electron chi connectivity index (χ4n) is 3.16. The van der Waals surface area contributed by atoms with E-state index in [0.717, 1.165) is 17.5 Å². The molecule has 9 nitrogen and oxygen atoms in total. The molecular formula is C20H17ClF3N7O2S. The first-order valence-electron chi connectivity index (χ1n) is 9.74. The fourth-order valence-corrected chi connectivity index (χ4v) is 4.23. The number of amides is 1. The number of aliphatic hydroxyl groups excluding tert-OH is 1. The number of carbonyl (C=O) groups excluding carboxylic acids is 1. The molecule has 2 atom stereocenters. The molecule has 3 N–H and O–H groups in total. The van der Waals surface area contributed by atoms with Crippen molar-refractivity contribution in [2.75, 3.05) is 5.32 Å². The van der Waals surface area contributed by atoms with Crippen LogP contribution in [0.25, 0.3) is 11.0 Å². The number of halogens is 4. The molecule has 0 spiro atoms. The second kappa shape index (κ2) is 9.16. The van der Waals surface area contributed by atoms with E-state index < -0.39 is 34.9 Å². The standard InChI is InChI=1S/C20H17ClF3N7O2S/c1-9(29-18(33)15-10-3-4-31(2)16(10)28-8-27-15)19-26-7-13(34-19)17(32)30-14-5-11(20(22,23)24)12(21)6-25-14/h3-9,17,32H,1-2H3,(H,25,30)(H,29,33)/t9-,17?/m0/s1. The van der Waals surface area contributed by atoms with Crippen LogP contribution in [0, 0.1) is 0 Å². The first-order valence-corrected chi connectivity index (χ1v) is 10.9. The molecule has 1 amide bonds. The monoisotopic (exact) mass is 511 g/mol. The Kier molecular flexibility index (Phi) is 6.43.